The van der Waals surface area contributed by atoms with Crippen LogP contribution in [-0.2, 0) is 23.7 Å². The fourth-order valence-corrected chi connectivity index (χ4v) is 5.69. The van der Waals surface area contributed by atoms with Gasteiger partial charge in [0.1, 0.15) is 12.4 Å². The van der Waals surface area contributed by atoms with Gasteiger partial charge in [-0.25, -0.2) is 14.5 Å². The zero-order valence-corrected chi connectivity index (χ0v) is 24.2. The number of nitrogen functional groups attached to an aromatic ring is 1. The number of benzene rings is 1. The first-order chi connectivity index (χ1) is 19.5. The van der Waals surface area contributed by atoms with Crippen molar-refractivity contribution in [3.8, 4) is 16.8 Å². The summed E-state index contributed by atoms with van der Waals surface area (Å²) in [4.78, 5) is 18.1. The first kappa shape index (κ1) is 28.2. The van der Waals surface area contributed by atoms with Crippen LogP contribution in [0.4, 0.5) is 5.82 Å². The molecule has 4 aromatic rings. The standard InChI is InChI=1S/C28H33BrN6O5/c1-37-12-14-39-27(36)28(40-15-13-38-2)10-8-19(9-11-28)24-23(29)25(30)35-26(33-24)22(17-32-35)20-16-31-34(18-20)21-6-4-3-5-7-21/h3-7,16-19H,8-15,30H2,1-2H3. The molecule has 212 valence electrons. The highest BCUT2D eigenvalue weighted by atomic mass is 79.9. The Morgan fingerprint density at radius 3 is 2.50 bits per heavy atom. The third-order valence-electron chi connectivity index (χ3n) is 7.30. The number of esters is 1. The normalized spacial score (nSPS) is 19.2. The summed E-state index contributed by atoms with van der Waals surface area (Å²) in [6.45, 7) is 1.20. The van der Waals surface area contributed by atoms with Crippen molar-refractivity contribution in [1.29, 1.82) is 0 Å². The number of hydrogen-bond donors (Lipinski definition) is 1. The fourth-order valence-electron chi connectivity index (χ4n) is 5.11. The number of carbonyl (C=O) groups is 1. The van der Waals surface area contributed by atoms with Gasteiger partial charge in [0.2, 0.25) is 0 Å². The lowest BCUT2D eigenvalue weighted by atomic mass is 9.77. The molecule has 11 nitrogen and oxygen atoms in total. The quantitative estimate of drug-likeness (QED) is 0.196. The first-order valence-electron chi connectivity index (χ1n) is 13.2. The van der Waals surface area contributed by atoms with E-state index in [4.69, 9.17) is 29.7 Å². The van der Waals surface area contributed by atoms with Crippen LogP contribution < -0.4 is 5.73 Å². The molecule has 1 aliphatic carbocycles. The van der Waals surface area contributed by atoms with Crippen LogP contribution in [0.25, 0.3) is 22.5 Å². The van der Waals surface area contributed by atoms with Crippen molar-refractivity contribution in [2.45, 2.75) is 37.2 Å². The number of methoxy groups -OCH3 is 2. The van der Waals surface area contributed by atoms with Crippen molar-refractivity contribution in [2.24, 2.45) is 0 Å². The second-order valence-corrected chi connectivity index (χ2v) is 10.5. The third kappa shape index (κ3) is 5.62. The smallest absolute Gasteiger partial charge is 0.338 e. The number of halogens is 1. The minimum absolute atomic E-state index is 0.0578. The van der Waals surface area contributed by atoms with Crippen LogP contribution in [0.1, 0.15) is 37.3 Å². The zero-order chi connectivity index (χ0) is 28.1. The molecule has 5 rings (SSSR count). The third-order valence-corrected chi connectivity index (χ3v) is 8.11. The number of ether oxygens (including phenoxy) is 4. The number of rotatable bonds is 11. The second-order valence-electron chi connectivity index (χ2n) is 9.74. The van der Waals surface area contributed by atoms with E-state index in [2.05, 4.69) is 26.1 Å². The molecular weight excluding hydrogens is 580 g/mol. The highest BCUT2D eigenvalue weighted by Gasteiger charge is 2.45. The van der Waals surface area contributed by atoms with Crippen molar-refractivity contribution >= 4 is 33.4 Å². The van der Waals surface area contributed by atoms with Gasteiger partial charge in [-0.15, -0.1) is 0 Å². The van der Waals surface area contributed by atoms with Crippen LogP contribution in [-0.4, -0.2) is 76.6 Å². The van der Waals surface area contributed by atoms with E-state index in [1.807, 2.05) is 41.2 Å². The van der Waals surface area contributed by atoms with E-state index in [0.717, 1.165) is 22.5 Å². The molecule has 0 radical (unpaired) electrons. The maximum atomic E-state index is 13.1. The van der Waals surface area contributed by atoms with Crippen molar-refractivity contribution in [3.63, 3.8) is 0 Å². The molecule has 40 heavy (non-hydrogen) atoms. The van der Waals surface area contributed by atoms with E-state index in [0.29, 0.717) is 61.4 Å². The molecule has 3 aromatic heterocycles. The Hall–Kier alpha value is -3.32. The topological polar surface area (TPSA) is 128 Å². The van der Waals surface area contributed by atoms with Crippen LogP contribution in [0.2, 0.25) is 0 Å². The number of nitrogens with two attached hydrogens (primary N) is 1. The van der Waals surface area contributed by atoms with Crippen molar-refractivity contribution in [3.05, 3.63) is 59.1 Å². The molecule has 1 saturated carbocycles. The summed E-state index contributed by atoms with van der Waals surface area (Å²) in [5.41, 5.74) is 9.66. The van der Waals surface area contributed by atoms with E-state index in [1.165, 1.54) is 0 Å². The Morgan fingerprint density at radius 1 is 1.05 bits per heavy atom. The van der Waals surface area contributed by atoms with Gasteiger partial charge in [-0.05, 0) is 53.7 Å². The number of carbonyl (C=O) groups excluding carboxylic acids is 1. The highest BCUT2D eigenvalue weighted by Crippen LogP contribution is 2.43. The number of para-hydroxylation sites is 1. The molecule has 0 atom stereocenters. The molecule has 3 heterocycles. The number of hydrogen-bond acceptors (Lipinski definition) is 9. The molecule has 1 fully saturated rings. The minimum atomic E-state index is -1.03. The van der Waals surface area contributed by atoms with Crippen molar-refractivity contribution in [1.82, 2.24) is 24.4 Å². The van der Waals surface area contributed by atoms with Gasteiger partial charge in [0, 0.05) is 37.5 Å². The van der Waals surface area contributed by atoms with Crippen LogP contribution in [0.5, 0.6) is 0 Å². The van der Waals surface area contributed by atoms with E-state index in [9.17, 15) is 4.79 Å². The highest BCUT2D eigenvalue weighted by molar-refractivity contribution is 9.10. The van der Waals surface area contributed by atoms with Crippen LogP contribution >= 0.6 is 15.9 Å². The summed E-state index contributed by atoms with van der Waals surface area (Å²) in [6, 6.07) is 9.90. The summed E-state index contributed by atoms with van der Waals surface area (Å²) in [5.74, 6) is 0.158. The first-order valence-corrected chi connectivity index (χ1v) is 14.0. The Balaban J connectivity index is 1.41. The van der Waals surface area contributed by atoms with Gasteiger partial charge < -0.3 is 24.7 Å². The molecule has 1 aliphatic rings. The molecule has 0 unspecified atom stereocenters. The van der Waals surface area contributed by atoms with Gasteiger partial charge in [0.25, 0.3) is 0 Å². The Bertz CT molecular complexity index is 1450. The largest absolute Gasteiger partial charge is 0.461 e. The Kier molecular flexibility index (Phi) is 8.79. The van der Waals surface area contributed by atoms with E-state index in [-0.39, 0.29) is 18.5 Å². The predicted molar refractivity (Wildman–Crippen MR) is 152 cm³/mol. The van der Waals surface area contributed by atoms with E-state index >= 15 is 0 Å². The monoisotopic (exact) mass is 612 g/mol. The van der Waals surface area contributed by atoms with Crippen molar-refractivity contribution < 1.29 is 23.7 Å². The molecule has 0 amide bonds. The van der Waals surface area contributed by atoms with E-state index in [1.54, 1.807) is 31.1 Å². The average Bonchev–Trinajstić information content (AvgIpc) is 3.64. The molecule has 0 bridgehead atoms. The van der Waals surface area contributed by atoms with Gasteiger partial charge in [-0.3, -0.25) is 0 Å². The van der Waals surface area contributed by atoms with Gasteiger partial charge in [-0.2, -0.15) is 14.7 Å². The second kappa shape index (κ2) is 12.5. The molecule has 1 aromatic carbocycles. The molecule has 0 spiro atoms. The average molecular weight is 614 g/mol. The molecule has 2 N–H and O–H groups in total. The molecular formula is C28H33BrN6O5. The molecule has 0 aliphatic heterocycles. The minimum Gasteiger partial charge on any atom is -0.461 e. The fraction of sp³-hybridized carbons (Fsp3) is 0.429. The Morgan fingerprint density at radius 2 is 1.77 bits per heavy atom. The predicted octanol–water partition coefficient (Wildman–Crippen LogP) is 4.18. The lowest BCUT2D eigenvalue weighted by Crippen LogP contribution is -2.46. The van der Waals surface area contributed by atoms with Crippen molar-refractivity contribution in [2.75, 3.05) is 46.4 Å². The van der Waals surface area contributed by atoms with Crippen LogP contribution in [0.3, 0.4) is 0 Å². The number of fused-ring (bicyclic) bond motifs is 1. The summed E-state index contributed by atoms with van der Waals surface area (Å²) in [6.07, 6.45) is 7.82. The van der Waals surface area contributed by atoms with Gasteiger partial charge in [0.15, 0.2) is 11.2 Å². The molecule has 0 saturated heterocycles. The summed E-state index contributed by atoms with van der Waals surface area (Å²) in [5, 5.41) is 9.03. The summed E-state index contributed by atoms with van der Waals surface area (Å²) in [7, 11) is 3.17. The SMILES string of the molecule is COCCOC(=O)C1(OCCOC)CCC(c2nc3c(-c4cnn(-c5ccccc5)c4)cnn3c(N)c2Br)CC1. The summed E-state index contributed by atoms with van der Waals surface area (Å²) >= 11 is 3.67. The number of nitrogens with zero attached hydrogens (tertiary/aromatic N) is 5. The van der Waals surface area contributed by atoms with Gasteiger partial charge in [0.05, 0.1) is 48.1 Å². The van der Waals surface area contributed by atoms with E-state index < -0.39 is 5.60 Å². The number of aromatic nitrogens is 5. The lowest BCUT2D eigenvalue weighted by molar-refractivity contribution is -0.180. The lowest BCUT2D eigenvalue weighted by Gasteiger charge is -2.38. The summed E-state index contributed by atoms with van der Waals surface area (Å²) < 4.78 is 25.9. The maximum Gasteiger partial charge on any atom is 0.338 e. The van der Waals surface area contributed by atoms with Gasteiger partial charge in [-0.1, -0.05) is 18.2 Å². The zero-order valence-electron chi connectivity index (χ0n) is 22.6. The van der Waals surface area contributed by atoms with Gasteiger partial charge >= 0.3 is 5.97 Å². The van der Waals surface area contributed by atoms with Crippen LogP contribution in [0.15, 0.2) is 53.4 Å². The molecule has 12 heteroatoms. The van der Waals surface area contributed by atoms with Crippen LogP contribution in [0, 0.1) is 0 Å². The maximum absolute atomic E-state index is 13.1. The number of anilines is 1. The Labute approximate surface area is 240 Å².